The maximum absolute atomic E-state index is 6.08. The number of hydrogen-bond acceptors (Lipinski definition) is 3. The molecular formula is C15H32N2O. The summed E-state index contributed by atoms with van der Waals surface area (Å²) >= 11 is 0. The van der Waals surface area contributed by atoms with Gasteiger partial charge < -0.3 is 10.5 Å². The first-order valence-corrected chi connectivity index (χ1v) is 7.67. The Bertz CT molecular complexity index is 213. The lowest BCUT2D eigenvalue weighted by atomic mass is 9.74. The predicted molar refractivity (Wildman–Crippen MR) is 77.8 cm³/mol. The van der Waals surface area contributed by atoms with Crippen LogP contribution in [-0.2, 0) is 4.74 Å². The Hall–Kier alpha value is -0.120. The summed E-state index contributed by atoms with van der Waals surface area (Å²) in [5.41, 5.74) is 6.35. The topological polar surface area (TPSA) is 38.5 Å². The van der Waals surface area contributed by atoms with Crippen LogP contribution in [0.4, 0.5) is 0 Å². The average Bonchev–Trinajstić information content (AvgIpc) is 2.43. The second-order valence-corrected chi connectivity index (χ2v) is 5.75. The van der Waals surface area contributed by atoms with Crippen molar-refractivity contribution in [2.24, 2.45) is 11.7 Å². The molecule has 0 aromatic rings. The van der Waals surface area contributed by atoms with E-state index in [1.807, 2.05) is 0 Å². The second-order valence-electron chi connectivity index (χ2n) is 5.75. The predicted octanol–water partition coefficient (Wildman–Crippen LogP) is 2.64. The van der Waals surface area contributed by atoms with E-state index >= 15 is 0 Å². The Balaban J connectivity index is 2.39. The highest BCUT2D eigenvalue weighted by molar-refractivity contribution is 4.94. The minimum Gasteiger partial charge on any atom is -0.382 e. The fraction of sp³-hybridized carbons (Fsp3) is 1.00. The molecule has 0 heterocycles. The molecule has 0 aromatic heterocycles. The molecule has 0 saturated heterocycles. The summed E-state index contributed by atoms with van der Waals surface area (Å²) in [4.78, 5) is 2.50. The highest BCUT2D eigenvalue weighted by Gasteiger charge is 2.36. The van der Waals surface area contributed by atoms with E-state index in [-0.39, 0.29) is 5.54 Å². The van der Waals surface area contributed by atoms with Crippen molar-refractivity contribution in [1.82, 2.24) is 4.90 Å². The molecule has 0 atom stereocenters. The van der Waals surface area contributed by atoms with Crippen LogP contribution in [0.2, 0.25) is 0 Å². The molecule has 1 rings (SSSR count). The van der Waals surface area contributed by atoms with Gasteiger partial charge in [-0.15, -0.1) is 0 Å². The minimum atomic E-state index is 0.262. The maximum atomic E-state index is 6.08. The van der Waals surface area contributed by atoms with Crippen LogP contribution in [0.3, 0.4) is 0 Å². The van der Waals surface area contributed by atoms with Gasteiger partial charge in [-0.1, -0.05) is 13.3 Å². The van der Waals surface area contributed by atoms with Gasteiger partial charge in [-0.2, -0.15) is 0 Å². The lowest BCUT2D eigenvalue weighted by molar-refractivity contribution is 0.0526. The summed E-state index contributed by atoms with van der Waals surface area (Å²) in [5, 5.41) is 0. The zero-order chi connectivity index (χ0) is 13.4. The Morgan fingerprint density at radius 2 is 1.94 bits per heavy atom. The molecule has 0 bridgehead atoms. The molecule has 1 aliphatic carbocycles. The second kappa shape index (κ2) is 8.13. The quantitative estimate of drug-likeness (QED) is 0.679. The molecule has 0 aromatic carbocycles. The molecule has 3 heteroatoms. The zero-order valence-corrected chi connectivity index (χ0v) is 12.6. The summed E-state index contributed by atoms with van der Waals surface area (Å²) in [5.74, 6) is 0.932. The van der Waals surface area contributed by atoms with E-state index in [2.05, 4.69) is 25.8 Å². The van der Waals surface area contributed by atoms with E-state index in [0.717, 1.165) is 38.6 Å². The Labute approximate surface area is 113 Å². The van der Waals surface area contributed by atoms with Gasteiger partial charge in [0, 0.05) is 31.8 Å². The molecular weight excluding hydrogens is 224 g/mol. The fourth-order valence-electron chi connectivity index (χ4n) is 3.15. The van der Waals surface area contributed by atoms with Gasteiger partial charge in [-0.25, -0.2) is 0 Å². The van der Waals surface area contributed by atoms with Gasteiger partial charge in [0.1, 0.15) is 0 Å². The van der Waals surface area contributed by atoms with Gasteiger partial charge in [-0.3, -0.25) is 4.90 Å². The van der Waals surface area contributed by atoms with Crippen molar-refractivity contribution < 1.29 is 4.74 Å². The minimum absolute atomic E-state index is 0.262. The van der Waals surface area contributed by atoms with Crippen molar-refractivity contribution >= 4 is 0 Å². The highest BCUT2D eigenvalue weighted by Crippen LogP contribution is 2.36. The van der Waals surface area contributed by atoms with E-state index in [1.165, 1.54) is 32.1 Å². The van der Waals surface area contributed by atoms with E-state index < -0.39 is 0 Å². The largest absolute Gasteiger partial charge is 0.382 e. The summed E-state index contributed by atoms with van der Waals surface area (Å²) in [6.07, 6.45) is 7.69. The highest BCUT2D eigenvalue weighted by atomic mass is 16.5. The molecule has 18 heavy (non-hydrogen) atoms. The van der Waals surface area contributed by atoms with Crippen LogP contribution in [0.5, 0.6) is 0 Å². The van der Waals surface area contributed by atoms with Crippen molar-refractivity contribution in [2.45, 2.75) is 57.9 Å². The van der Waals surface area contributed by atoms with Crippen molar-refractivity contribution in [3.63, 3.8) is 0 Å². The van der Waals surface area contributed by atoms with Crippen molar-refractivity contribution in [3.05, 3.63) is 0 Å². The first kappa shape index (κ1) is 15.9. The third-order valence-electron chi connectivity index (χ3n) is 4.79. The standard InChI is InChI=1S/C15H32N2O/c1-4-14-7-9-15(13-16,10-8-14)17(3)11-6-12-18-5-2/h14H,4-13,16H2,1-3H3. The Morgan fingerprint density at radius 1 is 1.28 bits per heavy atom. The molecule has 0 unspecified atom stereocenters. The molecule has 0 amide bonds. The zero-order valence-electron chi connectivity index (χ0n) is 12.6. The van der Waals surface area contributed by atoms with Crippen LogP contribution < -0.4 is 5.73 Å². The first-order chi connectivity index (χ1) is 8.68. The maximum Gasteiger partial charge on any atom is 0.0478 e. The smallest absolute Gasteiger partial charge is 0.0478 e. The van der Waals surface area contributed by atoms with Gasteiger partial charge in [0.25, 0.3) is 0 Å². The van der Waals surface area contributed by atoms with Crippen LogP contribution in [-0.4, -0.2) is 43.8 Å². The number of nitrogens with two attached hydrogens (primary N) is 1. The van der Waals surface area contributed by atoms with Gasteiger partial charge >= 0.3 is 0 Å². The van der Waals surface area contributed by atoms with Crippen molar-refractivity contribution in [1.29, 1.82) is 0 Å². The fourth-order valence-corrected chi connectivity index (χ4v) is 3.15. The molecule has 108 valence electrons. The van der Waals surface area contributed by atoms with E-state index in [0.29, 0.717) is 0 Å². The van der Waals surface area contributed by atoms with Crippen LogP contribution >= 0.6 is 0 Å². The van der Waals surface area contributed by atoms with Gasteiger partial charge in [0.05, 0.1) is 0 Å². The van der Waals surface area contributed by atoms with Gasteiger partial charge in [-0.05, 0) is 52.0 Å². The number of nitrogens with zero attached hydrogens (tertiary/aromatic N) is 1. The van der Waals surface area contributed by atoms with Crippen LogP contribution in [0, 0.1) is 5.92 Å². The molecule has 1 saturated carbocycles. The molecule has 0 spiro atoms. The Kier molecular flexibility index (Phi) is 7.20. The number of hydrogen-bond donors (Lipinski definition) is 1. The molecule has 0 radical (unpaired) electrons. The molecule has 3 nitrogen and oxygen atoms in total. The van der Waals surface area contributed by atoms with E-state index in [1.54, 1.807) is 0 Å². The molecule has 1 fully saturated rings. The van der Waals surface area contributed by atoms with Crippen LogP contribution in [0.25, 0.3) is 0 Å². The summed E-state index contributed by atoms with van der Waals surface area (Å²) in [7, 11) is 2.24. The summed E-state index contributed by atoms with van der Waals surface area (Å²) in [6.45, 7) is 7.97. The Morgan fingerprint density at radius 3 is 2.44 bits per heavy atom. The molecule has 0 aliphatic heterocycles. The van der Waals surface area contributed by atoms with E-state index in [9.17, 15) is 0 Å². The summed E-state index contributed by atoms with van der Waals surface area (Å²) < 4.78 is 5.41. The summed E-state index contributed by atoms with van der Waals surface area (Å²) in [6, 6.07) is 0. The molecule has 1 aliphatic rings. The number of ether oxygens (including phenoxy) is 1. The van der Waals surface area contributed by atoms with Crippen molar-refractivity contribution in [3.8, 4) is 0 Å². The third kappa shape index (κ3) is 4.22. The molecule has 2 N–H and O–H groups in total. The number of likely N-dealkylation sites (N-methyl/N-ethyl adjacent to an activating group) is 1. The van der Waals surface area contributed by atoms with Gasteiger partial charge in [0.15, 0.2) is 0 Å². The van der Waals surface area contributed by atoms with Crippen LogP contribution in [0.1, 0.15) is 52.4 Å². The van der Waals surface area contributed by atoms with Crippen LogP contribution in [0.15, 0.2) is 0 Å². The lowest BCUT2D eigenvalue weighted by Crippen LogP contribution is -2.54. The SMILES string of the molecule is CCOCCCN(C)C1(CN)CCC(CC)CC1. The third-order valence-corrected chi connectivity index (χ3v) is 4.79. The van der Waals surface area contributed by atoms with Gasteiger partial charge in [0.2, 0.25) is 0 Å². The van der Waals surface area contributed by atoms with Crippen molar-refractivity contribution in [2.75, 3.05) is 33.4 Å². The number of rotatable bonds is 8. The monoisotopic (exact) mass is 256 g/mol. The first-order valence-electron chi connectivity index (χ1n) is 7.67. The lowest BCUT2D eigenvalue weighted by Gasteiger charge is -2.46. The van der Waals surface area contributed by atoms with E-state index in [4.69, 9.17) is 10.5 Å². The average molecular weight is 256 g/mol. The normalized spacial score (nSPS) is 28.8.